The first-order valence-electron chi connectivity index (χ1n) is 10.5. The van der Waals surface area contributed by atoms with Crippen LogP contribution in [-0.2, 0) is 19.6 Å². The molecule has 2 atom stereocenters. The lowest BCUT2D eigenvalue weighted by molar-refractivity contribution is -0.122. The van der Waals surface area contributed by atoms with Crippen LogP contribution in [0.15, 0.2) is 53.4 Å². The van der Waals surface area contributed by atoms with Gasteiger partial charge >= 0.3 is 0 Å². The van der Waals surface area contributed by atoms with Crippen molar-refractivity contribution in [2.45, 2.75) is 50.6 Å². The molecule has 2 aromatic carbocycles. The zero-order chi connectivity index (χ0) is 23.5. The van der Waals surface area contributed by atoms with Gasteiger partial charge in [-0.3, -0.25) is 9.59 Å². The van der Waals surface area contributed by atoms with Crippen LogP contribution in [0.4, 0.5) is 5.69 Å². The molecule has 3 rings (SSSR count). The Morgan fingerprint density at radius 1 is 1.03 bits per heavy atom. The Balaban J connectivity index is 1.96. The molecule has 0 spiro atoms. The van der Waals surface area contributed by atoms with E-state index >= 15 is 0 Å². The molecule has 1 aliphatic heterocycles. The van der Waals surface area contributed by atoms with Gasteiger partial charge in [-0.15, -0.1) is 0 Å². The molecular formula is C23H28N2O6S. The summed E-state index contributed by atoms with van der Waals surface area (Å²) in [7, 11) is -2.55. The van der Waals surface area contributed by atoms with Crippen LogP contribution in [0.3, 0.4) is 0 Å². The van der Waals surface area contributed by atoms with Crippen molar-refractivity contribution in [1.82, 2.24) is 4.31 Å². The van der Waals surface area contributed by atoms with Crippen LogP contribution < -0.4 is 14.4 Å². The average Bonchev–Trinajstić information content (AvgIpc) is 3.07. The van der Waals surface area contributed by atoms with E-state index in [2.05, 4.69) is 0 Å². The van der Waals surface area contributed by atoms with E-state index in [0.717, 1.165) is 4.90 Å². The number of methoxy groups -OCH3 is 1. The summed E-state index contributed by atoms with van der Waals surface area (Å²) in [5.41, 5.74) is 0.386. The van der Waals surface area contributed by atoms with Crippen LogP contribution in [0.1, 0.15) is 33.6 Å². The van der Waals surface area contributed by atoms with E-state index in [4.69, 9.17) is 9.47 Å². The van der Waals surface area contributed by atoms with Crippen molar-refractivity contribution in [3.63, 3.8) is 0 Å². The fraction of sp³-hybridized carbons (Fsp3) is 0.391. The Morgan fingerprint density at radius 2 is 1.62 bits per heavy atom. The van der Waals surface area contributed by atoms with Crippen LogP contribution in [0.2, 0.25) is 0 Å². The van der Waals surface area contributed by atoms with E-state index in [9.17, 15) is 18.0 Å². The predicted molar refractivity (Wildman–Crippen MR) is 120 cm³/mol. The molecule has 2 aromatic rings. The molecule has 0 bridgehead atoms. The van der Waals surface area contributed by atoms with E-state index in [1.54, 1.807) is 43.3 Å². The second-order valence-electron chi connectivity index (χ2n) is 7.48. The van der Waals surface area contributed by atoms with Crippen molar-refractivity contribution in [2.75, 3.05) is 18.6 Å². The third kappa shape index (κ3) is 4.49. The number of anilines is 1. The number of hydrogen-bond acceptors (Lipinski definition) is 6. The maximum Gasteiger partial charge on any atom is 0.252 e. The van der Waals surface area contributed by atoms with E-state index < -0.39 is 33.9 Å². The molecule has 2 unspecified atom stereocenters. The molecule has 1 fully saturated rings. The average molecular weight is 461 g/mol. The quantitative estimate of drug-likeness (QED) is 0.534. The molecule has 9 heteroatoms. The highest BCUT2D eigenvalue weighted by atomic mass is 32.2. The van der Waals surface area contributed by atoms with Crippen LogP contribution in [0.5, 0.6) is 11.5 Å². The minimum absolute atomic E-state index is 0.0402. The summed E-state index contributed by atoms with van der Waals surface area (Å²) in [5, 5.41) is 0. The van der Waals surface area contributed by atoms with Gasteiger partial charge in [0.05, 0.1) is 30.7 Å². The fourth-order valence-corrected chi connectivity index (χ4v) is 5.55. The molecule has 0 aliphatic carbocycles. The maximum absolute atomic E-state index is 13.5. The number of imide groups is 1. The smallest absolute Gasteiger partial charge is 0.252 e. The summed E-state index contributed by atoms with van der Waals surface area (Å²) >= 11 is 0. The molecule has 1 aliphatic rings. The number of amides is 2. The highest BCUT2D eigenvalue weighted by Gasteiger charge is 2.48. The van der Waals surface area contributed by atoms with Crippen molar-refractivity contribution in [3.05, 3.63) is 48.5 Å². The second-order valence-corrected chi connectivity index (χ2v) is 9.33. The monoisotopic (exact) mass is 460 g/mol. The van der Waals surface area contributed by atoms with Crippen LogP contribution in [0, 0.1) is 0 Å². The third-order valence-electron chi connectivity index (χ3n) is 5.50. The summed E-state index contributed by atoms with van der Waals surface area (Å²) in [6, 6.07) is 11.0. The van der Waals surface area contributed by atoms with E-state index in [1.165, 1.54) is 23.5 Å². The van der Waals surface area contributed by atoms with E-state index in [0.29, 0.717) is 30.2 Å². The lowest BCUT2D eigenvalue weighted by Crippen LogP contribution is -2.49. The predicted octanol–water partition coefficient (Wildman–Crippen LogP) is 3.22. The molecular weight excluding hydrogens is 432 g/mol. The molecule has 0 N–H and O–H groups in total. The Bertz CT molecular complexity index is 1070. The number of ether oxygens (including phenoxy) is 2. The van der Waals surface area contributed by atoms with Crippen molar-refractivity contribution >= 4 is 27.5 Å². The van der Waals surface area contributed by atoms with Crippen molar-refractivity contribution in [1.29, 1.82) is 0 Å². The number of carbonyl (C=O) groups is 2. The minimum atomic E-state index is -4.04. The van der Waals surface area contributed by atoms with Gasteiger partial charge in [0.1, 0.15) is 17.5 Å². The molecule has 8 nitrogen and oxygen atoms in total. The number of carbonyl (C=O) groups excluding carboxylic acids is 2. The van der Waals surface area contributed by atoms with Gasteiger partial charge < -0.3 is 9.47 Å². The van der Waals surface area contributed by atoms with E-state index in [-0.39, 0.29) is 11.3 Å². The summed E-state index contributed by atoms with van der Waals surface area (Å²) in [6.45, 7) is 5.93. The van der Waals surface area contributed by atoms with Gasteiger partial charge in [-0.05, 0) is 68.8 Å². The maximum atomic E-state index is 13.5. The Morgan fingerprint density at radius 3 is 2.16 bits per heavy atom. The van der Waals surface area contributed by atoms with Gasteiger partial charge in [-0.2, -0.15) is 4.31 Å². The summed E-state index contributed by atoms with van der Waals surface area (Å²) < 4.78 is 38.7. The van der Waals surface area contributed by atoms with Crippen molar-refractivity contribution < 1.29 is 27.5 Å². The first kappa shape index (κ1) is 23.7. The lowest BCUT2D eigenvalue weighted by Gasteiger charge is -2.31. The Hall–Kier alpha value is -2.91. The van der Waals surface area contributed by atoms with Gasteiger partial charge in [0, 0.05) is 6.04 Å². The Labute approximate surface area is 188 Å². The van der Waals surface area contributed by atoms with Crippen LogP contribution >= 0.6 is 0 Å². The number of sulfonamides is 1. The highest BCUT2D eigenvalue weighted by molar-refractivity contribution is 7.89. The summed E-state index contributed by atoms with van der Waals surface area (Å²) in [4.78, 5) is 27.2. The zero-order valence-corrected chi connectivity index (χ0v) is 19.5. The largest absolute Gasteiger partial charge is 0.497 e. The second kappa shape index (κ2) is 9.70. The van der Waals surface area contributed by atoms with E-state index in [1.807, 2.05) is 13.8 Å². The van der Waals surface area contributed by atoms with Gasteiger partial charge in [0.2, 0.25) is 15.9 Å². The molecule has 2 amide bonds. The number of benzene rings is 2. The SMILES string of the molecule is CCOc1ccc(N2C(=O)CC(N(C(C)CC)S(=O)(=O)c3ccc(OC)cc3)C2=O)cc1. The fourth-order valence-electron chi connectivity index (χ4n) is 3.71. The number of rotatable bonds is 9. The van der Waals surface area contributed by atoms with Gasteiger partial charge in [0.15, 0.2) is 0 Å². The zero-order valence-electron chi connectivity index (χ0n) is 18.6. The molecule has 1 saturated heterocycles. The molecule has 1 heterocycles. The first-order valence-corrected chi connectivity index (χ1v) is 12.0. The van der Waals surface area contributed by atoms with Crippen LogP contribution in [0.25, 0.3) is 0 Å². The topological polar surface area (TPSA) is 93.2 Å². The molecule has 0 saturated carbocycles. The number of hydrogen-bond donors (Lipinski definition) is 0. The molecule has 32 heavy (non-hydrogen) atoms. The van der Waals surface area contributed by atoms with Gasteiger partial charge in [0.25, 0.3) is 5.91 Å². The first-order chi connectivity index (χ1) is 15.2. The standard InChI is InChI=1S/C23H28N2O6S/c1-5-16(3)25(32(28,29)20-13-11-18(30-4)12-14-20)21-15-22(26)24(23(21)27)17-7-9-19(10-8-17)31-6-2/h7-14,16,21H,5-6,15H2,1-4H3. The Kier molecular flexibility index (Phi) is 7.20. The van der Waals surface area contributed by atoms with Gasteiger partial charge in [-0.25, -0.2) is 13.3 Å². The normalized spacial score (nSPS) is 17.7. The molecule has 172 valence electrons. The number of nitrogens with zero attached hydrogens (tertiary/aromatic N) is 2. The highest BCUT2D eigenvalue weighted by Crippen LogP contribution is 2.32. The summed E-state index contributed by atoms with van der Waals surface area (Å²) in [6.07, 6.45) is 0.266. The van der Waals surface area contributed by atoms with Crippen LogP contribution in [-0.4, -0.2) is 50.3 Å². The molecule has 0 aromatic heterocycles. The third-order valence-corrected chi connectivity index (χ3v) is 7.53. The van der Waals surface area contributed by atoms with Crippen molar-refractivity contribution in [3.8, 4) is 11.5 Å². The lowest BCUT2D eigenvalue weighted by atomic mass is 10.2. The van der Waals surface area contributed by atoms with Crippen molar-refractivity contribution in [2.24, 2.45) is 0 Å². The van der Waals surface area contributed by atoms with Gasteiger partial charge in [-0.1, -0.05) is 6.92 Å². The minimum Gasteiger partial charge on any atom is -0.497 e. The summed E-state index contributed by atoms with van der Waals surface area (Å²) in [5.74, 6) is 0.141. The molecule has 0 radical (unpaired) electrons.